The average molecular weight is 531 g/mol. The first kappa shape index (κ1) is 26.3. The van der Waals surface area contributed by atoms with E-state index >= 15 is 0 Å². The van der Waals surface area contributed by atoms with E-state index in [0.717, 1.165) is 16.7 Å². The fraction of sp³-hybridized carbons (Fsp3) is 0.0606. The van der Waals surface area contributed by atoms with Crippen molar-refractivity contribution < 1.29 is 14.0 Å². The molecule has 1 heterocycles. The molecule has 1 N–H and O–H groups in total. The minimum absolute atomic E-state index is 0.178. The van der Waals surface area contributed by atoms with Crippen molar-refractivity contribution in [1.82, 2.24) is 14.7 Å². The highest BCUT2D eigenvalue weighted by atomic mass is 19.1. The fourth-order valence-corrected chi connectivity index (χ4v) is 4.21. The molecule has 4 aromatic carbocycles. The predicted octanol–water partition coefficient (Wildman–Crippen LogP) is 6.36. The van der Waals surface area contributed by atoms with E-state index in [2.05, 4.69) is 10.4 Å². The van der Waals surface area contributed by atoms with E-state index in [1.54, 1.807) is 29.0 Å². The van der Waals surface area contributed by atoms with E-state index < -0.39 is 0 Å². The summed E-state index contributed by atoms with van der Waals surface area (Å²) in [6.45, 7) is 0.0842. The van der Waals surface area contributed by atoms with Crippen molar-refractivity contribution in [2.75, 3.05) is 11.9 Å². The van der Waals surface area contributed by atoms with Crippen molar-refractivity contribution in [1.29, 1.82) is 0 Å². The van der Waals surface area contributed by atoms with Gasteiger partial charge in [-0.05, 0) is 41.5 Å². The zero-order chi connectivity index (χ0) is 27.7. The van der Waals surface area contributed by atoms with E-state index in [1.807, 2.05) is 91.0 Å². The summed E-state index contributed by atoms with van der Waals surface area (Å²) in [6, 6.07) is 36.2. The highest BCUT2D eigenvalue weighted by molar-refractivity contribution is 5.98. The quantitative estimate of drug-likeness (QED) is 0.226. The third kappa shape index (κ3) is 6.76. The monoisotopic (exact) mass is 530 g/mol. The molecule has 0 aliphatic carbocycles. The van der Waals surface area contributed by atoms with Crippen LogP contribution in [0, 0.1) is 5.82 Å². The minimum Gasteiger partial charge on any atom is -0.326 e. The van der Waals surface area contributed by atoms with Crippen LogP contribution in [0.4, 0.5) is 10.2 Å². The Bertz CT molecular complexity index is 1600. The number of nitrogens with one attached hydrogen (secondary N) is 1. The Kier molecular flexibility index (Phi) is 8.22. The van der Waals surface area contributed by atoms with Crippen LogP contribution < -0.4 is 5.32 Å². The molecule has 0 saturated carbocycles. The number of hydrogen-bond acceptors (Lipinski definition) is 3. The molecular weight excluding hydrogens is 503 g/mol. The highest BCUT2D eigenvalue weighted by Gasteiger charge is 2.19. The molecule has 0 aliphatic heterocycles. The van der Waals surface area contributed by atoms with Gasteiger partial charge in [-0.15, -0.1) is 0 Å². The predicted molar refractivity (Wildman–Crippen MR) is 155 cm³/mol. The number of aromatic nitrogens is 2. The van der Waals surface area contributed by atoms with Crippen LogP contribution in [0.1, 0.15) is 11.1 Å². The van der Waals surface area contributed by atoms with Crippen molar-refractivity contribution in [2.24, 2.45) is 0 Å². The molecule has 40 heavy (non-hydrogen) atoms. The van der Waals surface area contributed by atoms with E-state index in [4.69, 9.17) is 0 Å². The van der Waals surface area contributed by atoms with Crippen LogP contribution in [0.2, 0.25) is 0 Å². The van der Waals surface area contributed by atoms with Gasteiger partial charge in [0, 0.05) is 24.3 Å². The van der Waals surface area contributed by atoms with Crippen LogP contribution in [0.3, 0.4) is 0 Å². The number of benzene rings is 4. The van der Waals surface area contributed by atoms with Gasteiger partial charge < -0.3 is 10.2 Å². The fourth-order valence-electron chi connectivity index (χ4n) is 4.21. The van der Waals surface area contributed by atoms with E-state index in [9.17, 15) is 14.0 Å². The van der Waals surface area contributed by atoms with Crippen molar-refractivity contribution in [3.63, 3.8) is 0 Å². The summed E-state index contributed by atoms with van der Waals surface area (Å²) in [7, 11) is 0. The number of carbonyl (C=O) groups is 2. The highest BCUT2D eigenvalue weighted by Crippen LogP contribution is 2.25. The van der Waals surface area contributed by atoms with E-state index in [1.165, 1.54) is 23.1 Å². The summed E-state index contributed by atoms with van der Waals surface area (Å²) < 4.78 is 15.2. The second kappa shape index (κ2) is 12.5. The molecule has 0 bridgehead atoms. The average Bonchev–Trinajstić information content (AvgIpc) is 3.41. The van der Waals surface area contributed by atoms with Gasteiger partial charge in [-0.1, -0.05) is 91.0 Å². The minimum atomic E-state index is -0.389. The summed E-state index contributed by atoms with van der Waals surface area (Å²) in [5.74, 6) is -0.647. The Morgan fingerprint density at radius 1 is 0.825 bits per heavy atom. The van der Waals surface area contributed by atoms with Gasteiger partial charge in [0.1, 0.15) is 18.2 Å². The summed E-state index contributed by atoms with van der Waals surface area (Å²) in [5.41, 5.74) is 3.88. The molecular formula is C33H27FN4O2. The number of amides is 2. The van der Waals surface area contributed by atoms with Gasteiger partial charge in [0.05, 0.1) is 11.4 Å². The molecule has 0 saturated heterocycles. The normalized spacial score (nSPS) is 10.9. The summed E-state index contributed by atoms with van der Waals surface area (Å²) in [6.07, 6.45) is 3.20. The third-order valence-electron chi connectivity index (χ3n) is 6.20. The van der Waals surface area contributed by atoms with Crippen LogP contribution in [0.15, 0.2) is 127 Å². The lowest BCUT2D eigenvalue weighted by atomic mass is 10.1. The standard InChI is InChI=1S/C33H27FN4O2/c34-28-17-19-29(20-18-28)38-31(22-30(36-38)27-14-8-3-9-15-27)35-32(39)24-37(23-26-12-6-2-7-13-26)33(40)21-16-25-10-4-1-5-11-25/h1-22H,23-24H2,(H,35,39)/b21-16+. The Hall–Kier alpha value is -5.30. The van der Waals surface area contributed by atoms with Gasteiger partial charge in [-0.3, -0.25) is 9.59 Å². The first-order valence-corrected chi connectivity index (χ1v) is 12.8. The van der Waals surface area contributed by atoms with Crippen LogP contribution in [0.25, 0.3) is 23.0 Å². The lowest BCUT2D eigenvalue weighted by molar-refractivity contribution is -0.131. The molecule has 0 atom stereocenters. The van der Waals surface area contributed by atoms with Crippen LogP contribution in [-0.4, -0.2) is 33.0 Å². The number of rotatable bonds is 9. The van der Waals surface area contributed by atoms with Gasteiger partial charge in [-0.25, -0.2) is 9.07 Å². The molecule has 6 nitrogen and oxygen atoms in total. The third-order valence-corrected chi connectivity index (χ3v) is 6.20. The molecule has 0 radical (unpaired) electrons. The maximum Gasteiger partial charge on any atom is 0.247 e. The first-order valence-electron chi connectivity index (χ1n) is 12.8. The first-order chi connectivity index (χ1) is 19.5. The number of halogens is 1. The molecule has 0 fully saturated rings. The van der Waals surface area contributed by atoms with Gasteiger partial charge in [0.2, 0.25) is 11.8 Å². The lowest BCUT2D eigenvalue weighted by Gasteiger charge is -2.21. The maximum absolute atomic E-state index is 13.6. The Balaban J connectivity index is 1.40. The van der Waals surface area contributed by atoms with Crippen LogP contribution in [-0.2, 0) is 16.1 Å². The van der Waals surface area contributed by atoms with Gasteiger partial charge >= 0.3 is 0 Å². The topological polar surface area (TPSA) is 67.2 Å². The maximum atomic E-state index is 13.6. The zero-order valence-electron chi connectivity index (χ0n) is 21.7. The Morgan fingerprint density at radius 3 is 2.12 bits per heavy atom. The van der Waals surface area contributed by atoms with Crippen molar-refractivity contribution in [2.45, 2.75) is 6.54 Å². The molecule has 5 rings (SSSR count). The molecule has 5 aromatic rings. The number of hydrogen-bond donors (Lipinski definition) is 1. The van der Waals surface area contributed by atoms with Crippen molar-refractivity contribution >= 4 is 23.7 Å². The van der Waals surface area contributed by atoms with Crippen molar-refractivity contribution in [3.8, 4) is 16.9 Å². The van der Waals surface area contributed by atoms with Crippen LogP contribution in [0.5, 0.6) is 0 Å². The van der Waals surface area contributed by atoms with Gasteiger partial charge in [0.15, 0.2) is 0 Å². The number of anilines is 1. The zero-order valence-corrected chi connectivity index (χ0v) is 21.7. The number of nitrogens with zero attached hydrogens (tertiary/aromatic N) is 3. The molecule has 0 spiro atoms. The summed E-state index contributed by atoms with van der Waals surface area (Å²) in [5, 5.41) is 7.57. The molecule has 198 valence electrons. The largest absolute Gasteiger partial charge is 0.326 e. The molecule has 0 unspecified atom stereocenters. The smallest absolute Gasteiger partial charge is 0.247 e. The van der Waals surface area contributed by atoms with Gasteiger partial charge in [-0.2, -0.15) is 5.10 Å². The summed E-state index contributed by atoms with van der Waals surface area (Å²) >= 11 is 0. The molecule has 1 aromatic heterocycles. The lowest BCUT2D eigenvalue weighted by Crippen LogP contribution is -2.37. The molecule has 7 heteroatoms. The van der Waals surface area contributed by atoms with Gasteiger partial charge in [0.25, 0.3) is 0 Å². The molecule has 2 amide bonds. The van der Waals surface area contributed by atoms with E-state index in [0.29, 0.717) is 17.2 Å². The summed E-state index contributed by atoms with van der Waals surface area (Å²) in [4.78, 5) is 28.1. The van der Waals surface area contributed by atoms with Crippen LogP contribution >= 0.6 is 0 Å². The second-order valence-corrected chi connectivity index (χ2v) is 9.14. The Morgan fingerprint density at radius 2 is 1.45 bits per heavy atom. The van der Waals surface area contributed by atoms with Crippen molar-refractivity contribution in [3.05, 3.63) is 144 Å². The number of carbonyl (C=O) groups excluding carboxylic acids is 2. The second-order valence-electron chi connectivity index (χ2n) is 9.14. The Labute approximate surface area is 232 Å². The molecule has 0 aliphatic rings. The SMILES string of the molecule is O=C(CN(Cc1ccccc1)C(=O)/C=C/c1ccccc1)Nc1cc(-c2ccccc2)nn1-c1ccc(F)cc1. The van der Waals surface area contributed by atoms with E-state index in [-0.39, 0.29) is 30.7 Å².